The van der Waals surface area contributed by atoms with Gasteiger partial charge in [-0.2, -0.15) is 0 Å². The molecule has 1 fully saturated rings. The Bertz CT molecular complexity index is 978. The molecule has 2 aromatic carbocycles. The largest absolute Gasteiger partial charge is 0.370 e. The number of aromatic nitrogens is 1. The number of guanidine groups is 1. The lowest BCUT2D eigenvalue weighted by atomic mass is 9.95. The summed E-state index contributed by atoms with van der Waals surface area (Å²) in [5, 5.41) is 7.60. The molecular weight excluding hydrogens is 370 g/mol. The molecule has 1 aliphatic heterocycles. The predicted octanol–water partition coefficient (Wildman–Crippen LogP) is 3.54. The molecule has 154 valence electrons. The van der Waals surface area contributed by atoms with E-state index in [2.05, 4.69) is 65.6 Å². The number of hydrogen-bond donors (Lipinski definition) is 2. The van der Waals surface area contributed by atoms with Crippen LogP contribution in [-0.2, 0) is 19.4 Å². The van der Waals surface area contributed by atoms with Gasteiger partial charge in [0.05, 0.1) is 0 Å². The number of nitrogens with zero attached hydrogens (tertiary/aromatic N) is 3. The third kappa shape index (κ3) is 4.86. The van der Waals surface area contributed by atoms with Crippen LogP contribution in [0.5, 0.6) is 0 Å². The first-order valence-corrected chi connectivity index (χ1v) is 10.6. The first kappa shape index (κ1) is 20.1. The molecule has 0 atom stereocenters. The summed E-state index contributed by atoms with van der Waals surface area (Å²) in [7, 11) is 0. The maximum absolute atomic E-state index is 7.60. The fourth-order valence-electron chi connectivity index (χ4n) is 4.12. The molecular formula is C25H29N5. The fourth-order valence-corrected chi connectivity index (χ4v) is 4.12. The molecule has 3 N–H and O–H groups in total. The van der Waals surface area contributed by atoms with E-state index in [4.69, 9.17) is 16.1 Å². The second-order valence-corrected chi connectivity index (χ2v) is 7.78. The zero-order chi connectivity index (χ0) is 20.8. The van der Waals surface area contributed by atoms with Crippen LogP contribution in [-0.4, -0.2) is 46.9 Å². The monoisotopic (exact) mass is 399 g/mol. The average Bonchev–Trinajstić information content (AvgIpc) is 2.80. The number of pyridine rings is 1. The fraction of sp³-hybridized carbons (Fsp3) is 0.280. The second-order valence-electron chi connectivity index (χ2n) is 7.78. The highest BCUT2D eigenvalue weighted by molar-refractivity contribution is 5.74. The lowest BCUT2D eigenvalue weighted by molar-refractivity contribution is 0.173. The van der Waals surface area contributed by atoms with Gasteiger partial charge in [0, 0.05) is 44.6 Å². The van der Waals surface area contributed by atoms with Gasteiger partial charge in [0.25, 0.3) is 0 Å². The van der Waals surface area contributed by atoms with Crippen molar-refractivity contribution < 1.29 is 0 Å². The Morgan fingerprint density at radius 2 is 1.53 bits per heavy atom. The zero-order valence-electron chi connectivity index (χ0n) is 17.3. The SMILES string of the molecule is N=C(N)N1CCN(Cc2cccnc2CCc2ccccc2-c2ccccc2)CC1. The molecule has 3 aromatic rings. The minimum Gasteiger partial charge on any atom is -0.370 e. The molecule has 0 radical (unpaired) electrons. The summed E-state index contributed by atoms with van der Waals surface area (Å²) < 4.78 is 0. The first-order valence-electron chi connectivity index (χ1n) is 10.6. The molecule has 4 rings (SSSR count). The van der Waals surface area contributed by atoms with Gasteiger partial charge in [0.15, 0.2) is 5.96 Å². The number of nitrogens with two attached hydrogens (primary N) is 1. The van der Waals surface area contributed by atoms with Crippen molar-refractivity contribution in [2.45, 2.75) is 19.4 Å². The number of hydrogen-bond acceptors (Lipinski definition) is 3. The highest BCUT2D eigenvalue weighted by atomic mass is 15.3. The summed E-state index contributed by atoms with van der Waals surface area (Å²) in [6.07, 6.45) is 3.79. The number of aryl methyl sites for hydroxylation is 2. The quantitative estimate of drug-likeness (QED) is 0.491. The third-order valence-corrected chi connectivity index (χ3v) is 5.82. The number of piperazine rings is 1. The summed E-state index contributed by atoms with van der Waals surface area (Å²) in [5.74, 6) is 0.175. The van der Waals surface area contributed by atoms with Gasteiger partial charge < -0.3 is 10.6 Å². The van der Waals surface area contributed by atoms with E-state index in [-0.39, 0.29) is 5.96 Å². The summed E-state index contributed by atoms with van der Waals surface area (Å²) in [6.45, 7) is 4.37. The molecule has 1 aliphatic rings. The van der Waals surface area contributed by atoms with Gasteiger partial charge >= 0.3 is 0 Å². The summed E-state index contributed by atoms with van der Waals surface area (Å²) in [4.78, 5) is 9.07. The van der Waals surface area contributed by atoms with Crippen molar-refractivity contribution in [1.82, 2.24) is 14.8 Å². The Hall–Kier alpha value is -3.18. The van der Waals surface area contributed by atoms with E-state index in [1.165, 1.54) is 27.9 Å². The van der Waals surface area contributed by atoms with Gasteiger partial charge in [-0.3, -0.25) is 15.3 Å². The van der Waals surface area contributed by atoms with Crippen LogP contribution < -0.4 is 5.73 Å². The number of nitrogens with one attached hydrogen (secondary N) is 1. The molecule has 0 spiro atoms. The minimum absolute atomic E-state index is 0.175. The van der Waals surface area contributed by atoms with E-state index < -0.39 is 0 Å². The van der Waals surface area contributed by atoms with Crippen molar-refractivity contribution in [3.8, 4) is 11.1 Å². The van der Waals surface area contributed by atoms with Crippen LogP contribution in [0.1, 0.15) is 16.8 Å². The highest BCUT2D eigenvalue weighted by Gasteiger charge is 2.18. The van der Waals surface area contributed by atoms with Gasteiger partial charge in [-0.05, 0) is 41.2 Å². The van der Waals surface area contributed by atoms with E-state index in [1.54, 1.807) is 0 Å². The summed E-state index contributed by atoms with van der Waals surface area (Å²) in [5.41, 5.74) is 12.0. The van der Waals surface area contributed by atoms with Crippen molar-refractivity contribution in [2.24, 2.45) is 5.73 Å². The van der Waals surface area contributed by atoms with E-state index in [9.17, 15) is 0 Å². The lowest BCUT2D eigenvalue weighted by Gasteiger charge is -2.35. The van der Waals surface area contributed by atoms with E-state index >= 15 is 0 Å². The summed E-state index contributed by atoms with van der Waals surface area (Å²) in [6, 6.07) is 23.5. The number of benzene rings is 2. The van der Waals surface area contributed by atoms with Crippen molar-refractivity contribution >= 4 is 5.96 Å². The van der Waals surface area contributed by atoms with Gasteiger partial charge in [0.2, 0.25) is 0 Å². The van der Waals surface area contributed by atoms with Crippen LogP contribution in [0, 0.1) is 5.41 Å². The van der Waals surface area contributed by atoms with Crippen LogP contribution in [0.15, 0.2) is 72.9 Å². The Labute approximate surface area is 178 Å². The smallest absolute Gasteiger partial charge is 0.188 e. The number of rotatable bonds is 6. The minimum atomic E-state index is 0.175. The van der Waals surface area contributed by atoms with Gasteiger partial charge in [0.1, 0.15) is 0 Å². The lowest BCUT2D eigenvalue weighted by Crippen LogP contribution is -2.50. The first-order chi connectivity index (χ1) is 14.7. The van der Waals surface area contributed by atoms with Crippen LogP contribution in [0.25, 0.3) is 11.1 Å². The second kappa shape index (κ2) is 9.55. The van der Waals surface area contributed by atoms with Crippen LogP contribution in [0.2, 0.25) is 0 Å². The Morgan fingerprint density at radius 3 is 2.30 bits per heavy atom. The molecule has 0 unspecified atom stereocenters. The van der Waals surface area contributed by atoms with Gasteiger partial charge in [-0.25, -0.2) is 0 Å². The molecule has 1 saturated heterocycles. The topological polar surface area (TPSA) is 69.2 Å². The zero-order valence-corrected chi connectivity index (χ0v) is 17.3. The van der Waals surface area contributed by atoms with Crippen molar-refractivity contribution in [1.29, 1.82) is 5.41 Å². The predicted molar refractivity (Wildman–Crippen MR) is 122 cm³/mol. The third-order valence-electron chi connectivity index (χ3n) is 5.82. The Morgan fingerprint density at radius 1 is 0.833 bits per heavy atom. The van der Waals surface area contributed by atoms with Crippen LogP contribution in [0.4, 0.5) is 0 Å². The van der Waals surface area contributed by atoms with Gasteiger partial charge in [-0.15, -0.1) is 0 Å². The summed E-state index contributed by atoms with van der Waals surface area (Å²) >= 11 is 0. The molecule has 0 bridgehead atoms. The maximum Gasteiger partial charge on any atom is 0.188 e. The normalized spacial score (nSPS) is 14.6. The Kier molecular flexibility index (Phi) is 6.40. The molecule has 2 heterocycles. The van der Waals surface area contributed by atoms with Crippen molar-refractivity contribution in [3.05, 3.63) is 89.7 Å². The van der Waals surface area contributed by atoms with Crippen molar-refractivity contribution in [2.75, 3.05) is 26.2 Å². The molecule has 5 nitrogen and oxygen atoms in total. The van der Waals surface area contributed by atoms with Crippen LogP contribution >= 0.6 is 0 Å². The molecule has 30 heavy (non-hydrogen) atoms. The van der Waals surface area contributed by atoms with E-state index in [0.717, 1.165) is 45.6 Å². The molecule has 0 amide bonds. The molecule has 1 aromatic heterocycles. The molecule has 5 heteroatoms. The Balaban J connectivity index is 1.44. The molecule has 0 aliphatic carbocycles. The highest BCUT2D eigenvalue weighted by Crippen LogP contribution is 2.25. The van der Waals surface area contributed by atoms with Gasteiger partial charge in [-0.1, -0.05) is 60.7 Å². The average molecular weight is 400 g/mol. The standard InChI is InChI=1S/C25H29N5/c26-25(27)30-17-15-29(16-18-30)19-22-10-6-14-28-24(22)13-12-21-9-4-5-11-23(21)20-7-2-1-3-8-20/h1-11,14H,12-13,15-19H2,(H3,26,27). The van der Waals surface area contributed by atoms with E-state index in [1.807, 2.05) is 17.2 Å². The van der Waals surface area contributed by atoms with Crippen molar-refractivity contribution in [3.63, 3.8) is 0 Å². The van der Waals surface area contributed by atoms with E-state index in [0.29, 0.717) is 0 Å². The maximum atomic E-state index is 7.60. The molecule has 0 saturated carbocycles. The van der Waals surface area contributed by atoms with Crippen LogP contribution in [0.3, 0.4) is 0 Å².